The number of anilines is 2. The number of para-hydroxylation sites is 1. The monoisotopic (exact) mass is 408 g/mol. The molecule has 3 aromatic rings. The standard InChI is InChI=1S/C23H24N2O3S/c1-15-12-17(3)22(18(4)13-15)29(27,28)25-21-14-19(11-10-16(21)2)23(26)24-20-8-6-5-7-9-20/h5-14,25H,1-4H3,(H,24,26). The van der Waals surface area contributed by atoms with Crippen LogP contribution in [0.2, 0.25) is 0 Å². The van der Waals surface area contributed by atoms with Crippen LogP contribution in [0.15, 0.2) is 65.6 Å². The molecule has 5 nitrogen and oxygen atoms in total. The van der Waals surface area contributed by atoms with Crippen molar-refractivity contribution < 1.29 is 13.2 Å². The van der Waals surface area contributed by atoms with Gasteiger partial charge in [0.15, 0.2) is 0 Å². The number of sulfonamides is 1. The molecule has 0 bridgehead atoms. The van der Waals surface area contributed by atoms with Gasteiger partial charge in [-0.2, -0.15) is 0 Å². The number of carbonyl (C=O) groups is 1. The van der Waals surface area contributed by atoms with Crippen LogP contribution in [-0.4, -0.2) is 14.3 Å². The van der Waals surface area contributed by atoms with E-state index in [0.717, 1.165) is 11.1 Å². The molecule has 3 aromatic carbocycles. The SMILES string of the molecule is Cc1cc(C)c(S(=O)(=O)Nc2cc(C(=O)Nc3ccccc3)ccc2C)c(C)c1. The maximum absolute atomic E-state index is 13.1. The van der Waals surface area contributed by atoms with Crippen LogP contribution in [0.25, 0.3) is 0 Å². The van der Waals surface area contributed by atoms with Crippen molar-refractivity contribution >= 4 is 27.3 Å². The molecule has 0 radical (unpaired) electrons. The predicted molar refractivity (Wildman–Crippen MR) is 117 cm³/mol. The summed E-state index contributed by atoms with van der Waals surface area (Å²) in [7, 11) is -3.80. The second-order valence-electron chi connectivity index (χ2n) is 7.18. The van der Waals surface area contributed by atoms with Crippen molar-refractivity contribution in [1.82, 2.24) is 0 Å². The molecule has 6 heteroatoms. The molecule has 3 rings (SSSR count). The molecule has 0 saturated heterocycles. The molecule has 0 heterocycles. The number of rotatable bonds is 5. The zero-order valence-corrected chi connectivity index (χ0v) is 17.7. The largest absolute Gasteiger partial charge is 0.322 e. The average Bonchev–Trinajstić information content (AvgIpc) is 2.63. The van der Waals surface area contributed by atoms with Crippen molar-refractivity contribution in [3.05, 3.63) is 88.5 Å². The van der Waals surface area contributed by atoms with Gasteiger partial charge in [0, 0.05) is 11.3 Å². The lowest BCUT2D eigenvalue weighted by Crippen LogP contribution is -2.18. The highest BCUT2D eigenvalue weighted by Gasteiger charge is 2.21. The third-order valence-electron chi connectivity index (χ3n) is 4.65. The molecule has 0 atom stereocenters. The molecular weight excluding hydrogens is 384 g/mol. The van der Waals surface area contributed by atoms with Gasteiger partial charge in [0.1, 0.15) is 0 Å². The molecule has 1 amide bonds. The zero-order valence-electron chi connectivity index (χ0n) is 16.9. The second kappa shape index (κ2) is 8.09. The van der Waals surface area contributed by atoms with Gasteiger partial charge in [0.2, 0.25) is 0 Å². The summed E-state index contributed by atoms with van der Waals surface area (Å²) in [6, 6.07) is 17.8. The van der Waals surface area contributed by atoms with Crippen LogP contribution in [0.1, 0.15) is 32.6 Å². The van der Waals surface area contributed by atoms with Crippen molar-refractivity contribution in [2.24, 2.45) is 0 Å². The first-order valence-corrected chi connectivity index (χ1v) is 10.7. The Morgan fingerprint density at radius 2 is 1.41 bits per heavy atom. The summed E-state index contributed by atoms with van der Waals surface area (Å²) in [5.74, 6) is -0.306. The maximum atomic E-state index is 13.1. The van der Waals surface area contributed by atoms with Gasteiger partial charge >= 0.3 is 0 Å². The second-order valence-corrected chi connectivity index (χ2v) is 8.80. The summed E-state index contributed by atoms with van der Waals surface area (Å²) in [4.78, 5) is 12.8. The van der Waals surface area contributed by atoms with Gasteiger partial charge in [-0.05, 0) is 68.7 Å². The highest BCUT2D eigenvalue weighted by Crippen LogP contribution is 2.26. The molecule has 150 valence electrons. The van der Waals surface area contributed by atoms with Gasteiger partial charge in [0.25, 0.3) is 15.9 Å². The molecule has 0 aliphatic carbocycles. The van der Waals surface area contributed by atoms with E-state index in [2.05, 4.69) is 10.0 Å². The van der Waals surface area contributed by atoms with E-state index >= 15 is 0 Å². The Hall–Kier alpha value is -3.12. The average molecular weight is 409 g/mol. The molecule has 0 fully saturated rings. The number of nitrogens with one attached hydrogen (secondary N) is 2. The van der Waals surface area contributed by atoms with Crippen LogP contribution in [0.3, 0.4) is 0 Å². The number of benzene rings is 3. The first kappa shape index (κ1) is 20.6. The third-order valence-corrected chi connectivity index (χ3v) is 6.32. The fourth-order valence-electron chi connectivity index (χ4n) is 3.38. The van der Waals surface area contributed by atoms with Crippen LogP contribution >= 0.6 is 0 Å². The Labute approximate surface area is 171 Å². The molecule has 0 aliphatic heterocycles. The topological polar surface area (TPSA) is 75.3 Å². The van der Waals surface area contributed by atoms with Crippen molar-refractivity contribution in [3.63, 3.8) is 0 Å². The van der Waals surface area contributed by atoms with E-state index in [-0.39, 0.29) is 10.8 Å². The Balaban J connectivity index is 1.92. The molecule has 0 aromatic heterocycles. The summed E-state index contributed by atoms with van der Waals surface area (Å²) in [6.45, 7) is 7.30. The minimum atomic E-state index is -3.80. The van der Waals surface area contributed by atoms with Gasteiger partial charge in [-0.1, -0.05) is 42.0 Å². The fourth-order valence-corrected chi connectivity index (χ4v) is 4.96. The van der Waals surface area contributed by atoms with E-state index in [1.807, 2.05) is 37.3 Å². The Bertz CT molecular complexity index is 1150. The minimum absolute atomic E-state index is 0.265. The van der Waals surface area contributed by atoms with Gasteiger partial charge in [-0.25, -0.2) is 8.42 Å². The number of amides is 1. The van der Waals surface area contributed by atoms with Gasteiger partial charge in [-0.3, -0.25) is 9.52 Å². The number of hydrogen-bond acceptors (Lipinski definition) is 3. The first-order chi connectivity index (χ1) is 13.7. The zero-order chi connectivity index (χ0) is 21.2. The quantitative estimate of drug-likeness (QED) is 0.626. The molecular formula is C23H24N2O3S. The molecule has 0 spiro atoms. The number of hydrogen-bond donors (Lipinski definition) is 2. The lowest BCUT2D eigenvalue weighted by atomic mass is 10.1. The molecule has 2 N–H and O–H groups in total. The molecule has 0 saturated carbocycles. The summed E-state index contributed by atoms with van der Waals surface area (Å²) in [5, 5.41) is 2.81. The van der Waals surface area contributed by atoms with Gasteiger partial charge < -0.3 is 5.32 Å². The first-order valence-electron chi connectivity index (χ1n) is 9.25. The number of carbonyl (C=O) groups excluding carboxylic acids is 1. The van der Waals surface area contributed by atoms with E-state index in [9.17, 15) is 13.2 Å². The van der Waals surface area contributed by atoms with Gasteiger partial charge in [-0.15, -0.1) is 0 Å². The van der Waals surface area contributed by atoms with E-state index in [1.165, 1.54) is 0 Å². The normalized spacial score (nSPS) is 11.2. The van der Waals surface area contributed by atoms with Crippen LogP contribution in [0.4, 0.5) is 11.4 Å². The molecule has 0 aliphatic rings. The van der Waals surface area contributed by atoms with E-state index in [0.29, 0.717) is 28.1 Å². The molecule has 29 heavy (non-hydrogen) atoms. The molecule has 0 unspecified atom stereocenters. The highest BCUT2D eigenvalue weighted by atomic mass is 32.2. The van der Waals surface area contributed by atoms with Crippen LogP contribution in [0, 0.1) is 27.7 Å². The summed E-state index contributed by atoms with van der Waals surface area (Å²) in [6.07, 6.45) is 0. The fraction of sp³-hybridized carbons (Fsp3) is 0.174. The van der Waals surface area contributed by atoms with Crippen molar-refractivity contribution in [1.29, 1.82) is 0 Å². The van der Waals surface area contributed by atoms with E-state index in [1.54, 1.807) is 51.1 Å². The summed E-state index contributed by atoms with van der Waals surface area (Å²) < 4.78 is 28.8. The third kappa shape index (κ3) is 4.66. The van der Waals surface area contributed by atoms with Crippen molar-refractivity contribution in [2.75, 3.05) is 10.0 Å². The Morgan fingerprint density at radius 3 is 2.03 bits per heavy atom. The maximum Gasteiger partial charge on any atom is 0.262 e. The number of aryl methyl sites for hydroxylation is 4. The Morgan fingerprint density at radius 1 is 0.793 bits per heavy atom. The highest BCUT2D eigenvalue weighted by molar-refractivity contribution is 7.92. The smallest absolute Gasteiger partial charge is 0.262 e. The summed E-state index contributed by atoms with van der Waals surface area (Å²) >= 11 is 0. The van der Waals surface area contributed by atoms with E-state index < -0.39 is 10.0 Å². The van der Waals surface area contributed by atoms with Crippen LogP contribution < -0.4 is 10.0 Å². The minimum Gasteiger partial charge on any atom is -0.322 e. The summed E-state index contributed by atoms with van der Waals surface area (Å²) in [5.41, 5.74) is 4.53. The lowest BCUT2D eigenvalue weighted by Gasteiger charge is -2.16. The predicted octanol–water partition coefficient (Wildman–Crippen LogP) is 4.97. The van der Waals surface area contributed by atoms with E-state index in [4.69, 9.17) is 0 Å². The van der Waals surface area contributed by atoms with Crippen LogP contribution in [0.5, 0.6) is 0 Å². The lowest BCUT2D eigenvalue weighted by molar-refractivity contribution is 0.102. The van der Waals surface area contributed by atoms with Gasteiger partial charge in [0.05, 0.1) is 10.6 Å². The Kier molecular flexibility index (Phi) is 5.75. The van der Waals surface area contributed by atoms with Crippen molar-refractivity contribution in [2.45, 2.75) is 32.6 Å². The van der Waals surface area contributed by atoms with Crippen LogP contribution in [-0.2, 0) is 10.0 Å². The van der Waals surface area contributed by atoms with Crippen molar-refractivity contribution in [3.8, 4) is 0 Å².